The van der Waals surface area contributed by atoms with Crippen molar-refractivity contribution in [1.29, 1.82) is 0 Å². The van der Waals surface area contributed by atoms with Crippen LogP contribution in [0.3, 0.4) is 0 Å². The largest absolute Gasteiger partial charge is 0.389 e. The first kappa shape index (κ1) is 15.8. The van der Waals surface area contributed by atoms with E-state index < -0.39 is 12.6 Å². The van der Waals surface area contributed by atoms with Crippen molar-refractivity contribution in [2.75, 3.05) is 5.32 Å². The first-order valence-electron chi connectivity index (χ1n) is 5.57. The van der Waals surface area contributed by atoms with Crippen molar-refractivity contribution < 1.29 is 13.2 Å². The average molecular weight is 389 g/mol. The highest BCUT2D eigenvalue weighted by molar-refractivity contribution is 9.11. The fourth-order valence-electron chi connectivity index (χ4n) is 1.56. The van der Waals surface area contributed by atoms with Crippen molar-refractivity contribution in [3.8, 4) is 0 Å². The van der Waals surface area contributed by atoms with E-state index in [4.69, 9.17) is 0 Å². The van der Waals surface area contributed by atoms with Gasteiger partial charge in [0.05, 0.1) is 5.69 Å². The van der Waals surface area contributed by atoms with Gasteiger partial charge in [-0.15, -0.1) is 0 Å². The molecule has 0 bridgehead atoms. The van der Waals surface area contributed by atoms with Gasteiger partial charge >= 0.3 is 6.18 Å². The van der Waals surface area contributed by atoms with Crippen molar-refractivity contribution in [3.63, 3.8) is 0 Å². The fraction of sp³-hybridized carbons (Fsp3) is 0.500. The molecule has 0 aromatic heterocycles. The zero-order valence-electron chi connectivity index (χ0n) is 9.82. The van der Waals surface area contributed by atoms with E-state index >= 15 is 0 Å². The van der Waals surface area contributed by atoms with Gasteiger partial charge in [0.15, 0.2) is 0 Å². The third-order valence-electron chi connectivity index (χ3n) is 2.45. The van der Waals surface area contributed by atoms with Gasteiger partial charge in [-0.05, 0) is 63.8 Å². The number of anilines is 1. The number of hydrogen-bond acceptors (Lipinski definition) is 1. The quantitative estimate of drug-likeness (QED) is 0.677. The third-order valence-corrected chi connectivity index (χ3v) is 3.77. The summed E-state index contributed by atoms with van der Waals surface area (Å²) in [5.41, 5.74) is 0.872. The van der Waals surface area contributed by atoms with Crippen LogP contribution < -0.4 is 5.32 Å². The molecule has 0 aliphatic heterocycles. The molecule has 0 radical (unpaired) electrons. The van der Waals surface area contributed by atoms with Crippen LogP contribution in [-0.4, -0.2) is 12.2 Å². The molecule has 6 heteroatoms. The Morgan fingerprint density at radius 1 is 1.22 bits per heavy atom. The van der Waals surface area contributed by atoms with Gasteiger partial charge in [-0.2, -0.15) is 13.2 Å². The summed E-state index contributed by atoms with van der Waals surface area (Å²) in [7, 11) is 0. The van der Waals surface area contributed by atoms with Crippen LogP contribution in [0, 0.1) is 0 Å². The molecule has 1 aromatic carbocycles. The molecule has 1 aromatic rings. The lowest BCUT2D eigenvalue weighted by atomic mass is 10.1. The van der Waals surface area contributed by atoms with Gasteiger partial charge < -0.3 is 5.32 Å². The average Bonchev–Trinajstić information content (AvgIpc) is 2.22. The molecule has 0 fully saturated rings. The van der Waals surface area contributed by atoms with Crippen LogP contribution in [-0.2, 0) is 0 Å². The summed E-state index contributed by atoms with van der Waals surface area (Å²) in [6.45, 7) is 1.88. The molecule has 0 saturated carbocycles. The van der Waals surface area contributed by atoms with Crippen LogP contribution in [0.25, 0.3) is 0 Å². The Bertz CT molecular complexity index is 373. The minimum Gasteiger partial charge on any atom is -0.381 e. The minimum absolute atomic E-state index is 0.0117. The van der Waals surface area contributed by atoms with Crippen molar-refractivity contribution >= 4 is 37.5 Å². The molecule has 0 aliphatic rings. The van der Waals surface area contributed by atoms with Crippen molar-refractivity contribution in [2.24, 2.45) is 0 Å². The molecule has 1 N–H and O–H groups in total. The Hall–Kier alpha value is -0.230. The normalized spacial score (nSPS) is 13.4. The van der Waals surface area contributed by atoms with Gasteiger partial charge in [0.2, 0.25) is 0 Å². The summed E-state index contributed by atoms with van der Waals surface area (Å²) in [5, 5.41) is 3.20. The molecular weight excluding hydrogens is 375 g/mol. The van der Waals surface area contributed by atoms with Crippen LogP contribution in [0.4, 0.5) is 18.9 Å². The summed E-state index contributed by atoms with van der Waals surface area (Å²) in [4.78, 5) is 0. The third kappa shape index (κ3) is 5.61. The van der Waals surface area contributed by atoms with Crippen LogP contribution in [0.2, 0.25) is 0 Å². The van der Waals surface area contributed by atoms with E-state index in [0.29, 0.717) is 6.42 Å². The van der Waals surface area contributed by atoms with Crippen molar-refractivity contribution in [1.82, 2.24) is 0 Å². The topological polar surface area (TPSA) is 12.0 Å². The summed E-state index contributed by atoms with van der Waals surface area (Å²) < 4.78 is 37.9. The molecular formula is C12H14Br2F3N. The number of alkyl halides is 3. The summed E-state index contributed by atoms with van der Waals surface area (Å²) in [6, 6.07) is 5.64. The van der Waals surface area contributed by atoms with E-state index in [1.165, 1.54) is 0 Å². The molecule has 1 rings (SSSR count). The second-order valence-corrected chi connectivity index (χ2v) is 5.86. The Morgan fingerprint density at radius 2 is 1.78 bits per heavy atom. The SMILES string of the molecule is CC(CCCC(F)(F)F)Nc1c(Br)cccc1Br. The Balaban J connectivity index is 2.47. The number of nitrogens with one attached hydrogen (secondary N) is 1. The number of benzene rings is 1. The monoisotopic (exact) mass is 387 g/mol. The van der Waals surface area contributed by atoms with Crippen LogP contribution in [0.1, 0.15) is 26.2 Å². The standard InChI is InChI=1S/C12H14Br2F3N/c1-8(4-3-7-12(15,16)17)18-11-9(13)5-2-6-10(11)14/h2,5-6,8,18H,3-4,7H2,1H3. The first-order valence-corrected chi connectivity index (χ1v) is 7.15. The first-order chi connectivity index (χ1) is 8.29. The van der Waals surface area contributed by atoms with E-state index in [0.717, 1.165) is 14.6 Å². The molecule has 0 amide bonds. The highest BCUT2D eigenvalue weighted by atomic mass is 79.9. The molecule has 0 aliphatic carbocycles. The van der Waals surface area contributed by atoms with Gasteiger partial charge in [0, 0.05) is 21.4 Å². The molecule has 1 nitrogen and oxygen atoms in total. The van der Waals surface area contributed by atoms with Gasteiger partial charge in [-0.25, -0.2) is 0 Å². The van der Waals surface area contributed by atoms with Gasteiger partial charge in [-0.3, -0.25) is 0 Å². The maximum Gasteiger partial charge on any atom is 0.389 e. The lowest BCUT2D eigenvalue weighted by Crippen LogP contribution is -2.17. The molecule has 1 atom stereocenters. The van der Waals surface area contributed by atoms with E-state index in [-0.39, 0.29) is 12.5 Å². The zero-order chi connectivity index (χ0) is 13.8. The Kier molecular flexibility index (Phi) is 5.98. The number of hydrogen-bond donors (Lipinski definition) is 1. The summed E-state index contributed by atoms with van der Waals surface area (Å²) in [6.07, 6.45) is -4.17. The number of rotatable bonds is 5. The van der Waals surface area contributed by atoms with Gasteiger partial charge in [0.25, 0.3) is 0 Å². The smallest absolute Gasteiger partial charge is 0.381 e. The maximum atomic E-state index is 12.0. The molecule has 0 saturated heterocycles. The molecule has 0 spiro atoms. The van der Waals surface area contributed by atoms with Crippen LogP contribution in [0.15, 0.2) is 27.1 Å². The lowest BCUT2D eigenvalue weighted by molar-refractivity contribution is -0.135. The predicted octanol–water partition coefficient (Wildman–Crippen LogP) is 5.74. The number of para-hydroxylation sites is 1. The van der Waals surface area contributed by atoms with Crippen LogP contribution >= 0.6 is 31.9 Å². The zero-order valence-corrected chi connectivity index (χ0v) is 13.0. The molecule has 0 heterocycles. The second-order valence-electron chi connectivity index (χ2n) is 4.15. The van der Waals surface area contributed by atoms with Crippen LogP contribution in [0.5, 0.6) is 0 Å². The van der Waals surface area contributed by atoms with Crippen molar-refractivity contribution in [2.45, 2.75) is 38.4 Å². The molecule has 18 heavy (non-hydrogen) atoms. The highest BCUT2D eigenvalue weighted by Crippen LogP contribution is 2.31. The highest BCUT2D eigenvalue weighted by Gasteiger charge is 2.26. The van der Waals surface area contributed by atoms with E-state index in [1.54, 1.807) is 0 Å². The Labute approximate surface area is 121 Å². The molecule has 1 unspecified atom stereocenters. The Morgan fingerprint density at radius 3 is 2.28 bits per heavy atom. The van der Waals surface area contributed by atoms with E-state index in [9.17, 15) is 13.2 Å². The minimum atomic E-state index is -4.06. The maximum absolute atomic E-state index is 12.0. The van der Waals surface area contributed by atoms with Crippen molar-refractivity contribution in [3.05, 3.63) is 27.1 Å². The second kappa shape index (κ2) is 6.80. The lowest BCUT2D eigenvalue weighted by Gasteiger charge is -2.18. The van der Waals surface area contributed by atoms with Gasteiger partial charge in [0.1, 0.15) is 0 Å². The fourth-order valence-corrected chi connectivity index (χ4v) is 2.79. The molecule has 102 valence electrons. The number of halogens is 5. The van der Waals surface area contributed by atoms with E-state index in [2.05, 4.69) is 37.2 Å². The van der Waals surface area contributed by atoms with E-state index in [1.807, 2.05) is 25.1 Å². The predicted molar refractivity (Wildman–Crippen MR) is 74.8 cm³/mol. The van der Waals surface area contributed by atoms with Gasteiger partial charge in [-0.1, -0.05) is 6.07 Å². The summed E-state index contributed by atoms with van der Waals surface area (Å²) >= 11 is 6.81. The summed E-state index contributed by atoms with van der Waals surface area (Å²) in [5.74, 6) is 0.